The van der Waals surface area contributed by atoms with Crippen LogP contribution in [0.4, 0.5) is 0 Å². The molecule has 0 aliphatic carbocycles. The van der Waals surface area contributed by atoms with Crippen LogP contribution in [-0.2, 0) is 6.54 Å². The highest BCUT2D eigenvalue weighted by molar-refractivity contribution is 5.90. The highest BCUT2D eigenvalue weighted by Gasteiger charge is 2.11. The number of aromatic hydroxyl groups is 1. The standard InChI is InChI=1S/C8H9NO3/c9-4-6-5(8(11)12)2-1-3-7(6)10/h1-3,10H,4,9H2,(H,11,12). The van der Waals surface area contributed by atoms with Crippen molar-refractivity contribution < 1.29 is 15.0 Å². The Labute approximate surface area is 69.3 Å². The van der Waals surface area contributed by atoms with Crippen molar-refractivity contribution in [1.82, 2.24) is 0 Å². The zero-order valence-corrected chi connectivity index (χ0v) is 6.32. The fourth-order valence-corrected chi connectivity index (χ4v) is 0.990. The van der Waals surface area contributed by atoms with Crippen molar-refractivity contribution in [1.29, 1.82) is 0 Å². The second-order valence-corrected chi connectivity index (χ2v) is 2.31. The summed E-state index contributed by atoms with van der Waals surface area (Å²) in [6.45, 7) is 0.0221. The van der Waals surface area contributed by atoms with E-state index in [0.29, 0.717) is 0 Å². The van der Waals surface area contributed by atoms with Crippen LogP contribution in [0.1, 0.15) is 15.9 Å². The Kier molecular flexibility index (Phi) is 2.30. The van der Waals surface area contributed by atoms with Crippen LogP contribution in [0.25, 0.3) is 0 Å². The number of carboxylic acid groups (broad SMARTS) is 1. The topological polar surface area (TPSA) is 83.5 Å². The van der Waals surface area contributed by atoms with E-state index in [2.05, 4.69) is 0 Å². The molecule has 0 atom stereocenters. The Morgan fingerprint density at radius 2 is 2.17 bits per heavy atom. The van der Waals surface area contributed by atoms with E-state index in [4.69, 9.17) is 10.8 Å². The maximum absolute atomic E-state index is 10.6. The molecule has 0 bridgehead atoms. The van der Waals surface area contributed by atoms with Crippen LogP contribution < -0.4 is 5.73 Å². The summed E-state index contributed by atoms with van der Waals surface area (Å²) in [4.78, 5) is 10.6. The molecule has 1 aromatic carbocycles. The summed E-state index contributed by atoms with van der Waals surface area (Å²) in [5, 5.41) is 17.9. The van der Waals surface area contributed by atoms with E-state index in [0.717, 1.165) is 0 Å². The number of benzene rings is 1. The largest absolute Gasteiger partial charge is 0.508 e. The molecule has 0 unspecified atom stereocenters. The molecule has 0 fully saturated rings. The highest BCUT2D eigenvalue weighted by Crippen LogP contribution is 2.19. The summed E-state index contributed by atoms with van der Waals surface area (Å²) in [5.74, 6) is -1.15. The van der Waals surface area contributed by atoms with Crippen LogP contribution in [0.3, 0.4) is 0 Å². The van der Waals surface area contributed by atoms with Crippen molar-refractivity contribution in [2.24, 2.45) is 5.73 Å². The summed E-state index contributed by atoms with van der Waals surface area (Å²) in [6.07, 6.45) is 0. The van der Waals surface area contributed by atoms with Gasteiger partial charge < -0.3 is 15.9 Å². The average molecular weight is 167 g/mol. The van der Waals surface area contributed by atoms with Gasteiger partial charge in [-0.25, -0.2) is 4.79 Å². The van der Waals surface area contributed by atoms with E-state index in [9.17, 15) is 9.90 Å². The summed E-state index contributed by atoms with van der Waals surface area (Å²) in [7, 11) is 0. The fraction of sp³-hybridized carbons (Fsp3) is 0.125. The minimum atomic E-state index is -1.08. The van der Waals surface area contributed by atoms with Crippen molar-refractivity contribution in [2.45, 2.75) is 6.54 Å². The smallest absolute Gasteiger partial charge is 0.336 e. The Balaban J connectivity index is 3.27. The first-order chi connectivity index (χ1) is 5.66. The molecule has 0 spiro atoms. The van der Waals surface area contributed by atoms with E-state index in [1.807, 2.05) is 0 Å². The Morgan fingerprint density at radius 3 is 2.58 bits per heavy atom. The first-order valence-corrected chi connectivity index (χ1v) is 3.41. The predicted molar refractivity (Wildman–Crippen MR) is 43.0 cm³/mol. The van der Waals surface area contributed by atoms with E-state index < -0.39 is 5.97 Å². The molecule has 4 N–H and O–H groups in total. The zero-order chi connectivity index (χ0) is 9.14. The van der Waals surface area contributed by atoms with Gasteiger partial charge in [0.15, 0.2) is 0 Å². The van der Waals surface area contributed by atoms with Gasteiger partial charge in [0.1, 0.15) is 5.75 Å². The first-order valence-electron chi connectivity index (χ1n) is 3.41. The third kappa shape index (κ3) is 1.38. The molecule has 4 heteroatoms. The molecule has 0 aliphatic heterocycles. The normalized spacial score (nSPS) is 9.75. The van der Waals surface area contributed by atoms with Crippen LogP contribution >= 0.6 is 0 Å². The van der Waals surface area contributed by atoms with Gasteiger partial charge in [0.25, 0.3) is 0 Å². The second-order valence-electron chi connectivity index (χ2n) is 2.31. The minimum absolute atomic E-state index is 0.0221. The second kappa shape index (κ2) is 3.23. The lowest BCUT2D eigenvalue weighted by molar-refractivity contribution is 0.0695. The van der Waals surface area contributed by atoms with Crippen molar-refractivity contribution in [2.75, 3.05) is 0 Å². The van der Waals surface area contributed by atoms with Crippen molar-refractivity contribution >= 4 is 5.97 Å². The molecule has 0 heterocycles. The quantitative estimate of drug-likeness (QED) is 0.600. The molecule has 1 aromatic rings. The third-order valence-corrected chi connectivity index (χ3v) is 1.59. The maximum Gasteiger partial charge on any atom is 0.336 e. The van der Waals surface area contributed by atoms with Crippen molar-refractivity contribution in [3.63, 3.8) is 0 Å². The molecule has 0 radical (unpaired) electrons. The van der Waals surface area contributed by atoms with E-state index in [1.165, 1.54) is 18.2 Å². The summed E-state index contributed by atoms with van der Waals surface area (Å²) in [5.41, 5.74) is 5.59. The number of hydrogen-bond acceptors (Lipinski definition) is 3. The molecule has 0 amide bonds. The monoisotopic (exact) mass is 167 g/mol. The number of carboxylic acids is 1. The van der Waals surface area contributed by atoms with Gasteiger partial charge in [-0.1, -0.05) is 6.07 Å². The van der Waals surface area contributed by atoms with Gasteiger partial charge >= 0.3 is 5.97 Å². The number of phenolic OH excluding ortho intramolecular Hbond substituents is 1. The van der Waals surface area contributed by atoms with Gasteiger partial charge in [-0.3, -0.25) is 0 Å². The van der Waals surface area contributed by atoms with Crippen molar-refractivity contribution in [3.05, 3.63) is 29.3 Å². The lowest BCUT2D eigenvalue weighted by Gasteiger charge is -2.04. The molecule has 12 heavy (non-hydrogen) atoms. The molecule has 64 valence electrons. The van der Waals surface area contributed by atoms with Gasteiger partial charge in [-0.05, 0) is 12.1 Å². The molecule has 1 rings (SSSR count). The molecular weight excluding hydrogens is 158 g/mol. The number of aromatic carboxylic acids is 1. The summed E-state index contributed by atoms with van der Waals surface area (Å²) in [6, 6.07) is 4.29. The summed E-state index contributed by atoms with van der Waals surface area (Å²) >= 11 is 0. The van der Waals surface area contributed by atoms with Gasteiger partial charge in [-0.2, -0.15) is 0 Å². The number of phenols is 1. The number of rotatable bonds is 2. The number of carbonyl (C=O) groups is 1. The van der Waals surface area contributed by atoms with E-state index in [1.54, 1.807) is 0 Å². The maximum atomic E-state index is 10.6. The lowest BCUT2D eigenvalue weighted by Crippen LogP contribution is -2.06. The average Bonchev–Trinajstić information content (AvgIpc) is 2.03. The molecular formula is C8H9NO3. The number of nitrogens with two attached hydrogens (primary N) is 1. The van der Waals surface area contributed by atoms with Gasteiger partial charge in [0.2, 0.25) is 0 Å². The van der Waals surface area contributed by atoms with Gasteiger partial charge in [-0.15, -0.1) is 0 Å². The lowest BCUT2D eigenvalue weighted by atomic mass is 10.1. The zero-order valence-electron chi connectivity index (χ0n) is 6.32. The Bertz CT molecular complexity index is 309. The molecule has 0 aliphatic rings. The van der Waals surface area contributed by atoms with Gasteiger partial charge in [0.05, 0.1) is 5.56 Å². The minimum Gasteiger partial charge on any atom is -0.508 e. The summed E-state index contributed by atoms with van der Waals surface area (Å²) < 4.78 is 0. The molecule has 0 saturated heterocycles. The Morgan fingerprint density at radius 1 is 1.50 bits per heavy atom. The van der Waals surface area contributed by atoms with E-state index >= 15 is 0 Å². The van der Waals surface area contributed by atoms with E-state index in [-0.39, 0.29) is 23.4 Å². The fourth-order valence-electron chi connectivity index (χ4n) is 0.990. The third-order valence-electron chi connectivity index (χ3n) is 1.59. The van der Waals surface area contributed by atoms with Crippen LogP contribution in [0.2, 0.25) is 0 Å². The first kappa shape index (κ1) is 8.55. The van der Waals surface area contributed by atoms with Crippen LogP contribution in [0.5, 0.6) is 5.75 Å². The predicted octanol–water partition coefficient (Wildman–Crippen LogP) is 0.549. The van der Waals surface area contributed by atoms with Crippen LogP contribution in [0.15, 0.2) is 18.2 Å². The highest BCUT2D eigenvalue weighted by atomic mass is 16.4. The van der Waals surface area contributed by atoms with Crippen LogP contribution in [0, 0.1) is 0 Å². The molecule has 4 nitrogen and oxygen atoms in total. The number of hydrogen-bond donors (Lipinski definition) is 3. The van der Waals surface area contributed by atoms with Crippen molar-refractivity contribution in [3.8, 4) is 5.75 Å². The molecule has 0 saturated carbocycles. The van der Waals surface area contributed by atoms with Crippen LogP contribution in [-0.4, -0.2) is 16.2 Å². The van der Waals surface area contributed by atoms with Gasteiger partial charge in [0, 0.05) is 12.1 Å². The SMILES string of the molecule is NCc1c(O)cccc1C(=O)O. The Hall–Kier alpha value is -1.55. The molecule has 0 aromatic heterocycles.